The van der Waals surface area contributed by atoms with Crippen molar-refractivity contribution < 1.29 is 5.11 Å². The van der Waals surface area contributed by atoms with Gasteiger partial charge in [-0.25, -0.2) is 4.98 Å². The first-order valence-corrected chi connectivity index (χ1v) is 6.38. The zero-order valence-corrected chi connectivity index (χ0v) is 11.3. The SMILES string of the molecule is Cc1cc(O)ccc1-c1nc2ccc(Br)cc2[nH]1. The van der Waals surface area contributed by atoms with E-state index in [0.717, 1.165) is 32.5 Å². The number of phenols is 1. The zero-order chi connectivity index (χ0) is 12.7. The molecule has 3 nitrogen and oxygen atoms in total. The van der Waals surface area contributed by atoms with Gasteiger partial charge in [0.05, 0.1) is 11.0 Å². The molecule has 0 aliphatic rings. The summed E-state index contributed by atoms with van der Waals surface area (Å²) in [4.78, 5) is 7.85. The number of rotatable bonds is 1. The molecule has 0 atom stereocenters. The summed E-state index contributed by atoms with van der Waals surface area (Å²) >= 11 is 3.44. The Balaban J connectivity index is 2.19. The predicted octanol–water partition coefficient (Wildman–Crippen LogP) is 4.01. The van der Waals surface area contributed by atoms with Crippen molar-refractivity contribution in [1.29, 1.82) is 0 Å². The fraction of sp³-hybridized carbons (Fsp3) is 0.0714. The van der Waals surface area contributed by atoms with Crippen LogP contribution in [0.2, 0.25) is 0 Å². The van der Waals surface area contributed by atoms with Crippen LogP contribution < -0.4 is 0 Å². The van der Waals surface area contributed by atoms with Crippen LogP contribution in [0.5, 0.6) is 5.75 Å². The summed E-state index contributed by atoms with van der Waals surface area (Å²) in [6, 6.07) is 11.2. The molecular formula is C14H11BrN2O. The number of aromatic hydroxyl groups is 1. The van der Waals surface area contributed by atoms with E-state index < -0.39 is 0 Å². The standard InChI is InChI=1S/C14H11BrN2O/c1-8-6-10(18)3-4-11(8)14-16-12-5-2-9(15)7-13(12)17-14/h2-7,18H,1H3,(H,16,17). The number of aromatic amines is 1. The molecule has 0 fully saturated rings. The van der Waals surface area contributed by atoms with Gasteiger partial charge in [0.25, 0.3) is 0 Å². The number of nitrogens with one attached hydrogen (secondary N) is 1. The lowest BCUT2D eigenvalue weighted by Crippen LogP contribution is -1.84. The number of fused-ring (bicyclic) bond motifs is 1. The molecule has 0 saturated carbocycles. The van der Waals surface area contributed by atoms with Crippen LogP contribution in [0.25, 0.3) is 22.4 Å². The summed E-state index contributed by atoms with van der Waals surface area (Å²) in [6.07, 6.45) is 0. The van der Waals surface area contributed by atoms with Crippen molar-refractivity contribution >= 4 is 27.0 Å². The highest BCUT2D eigenvalue weighted by molar-refractivity contribution is 9.10. The van der Waals surface area contributed by atoms with E-state index in [1.807, 2.05) is 31.2 Å². The summed E-state index contributed by atoms with van der Waals surface area (Å²) < 4.78 is 1.02. The van der Waals surface area contributed by atoms with Gasteiger partial charge in [-0.15, -0.1) is 0 Å². The Morgan fingerprint density at radius 2 is 2.00 bits per heavy atom. The van der Waals surface area contributed by atoms with Crippen LogP contribution in [0.15, 0.2) is 40.9 Å². The van der Waals surface area contributed by atoms with Gasteiger partial charge in [-0.1, -0.05) is 15.9 Å². The topological polar surface area (TPSA) is 48.9 Å². The first-order valence-electron chi connectivity index (χ1n) is 5.59. The highest BCUT2D eigenvalue weighted by Gasteiger charge is 2.08. The van der Waals surface area contributed by atoms with E-state index >= 15 is 0 Å². The number of H-pyrrole nitrogens is 1. The Bertz CT molecular complexity index is 734. The van der Waals surface area contributed by atoms with Crippen LogP contribution in [0, 0.1) is 6.92 Å². The van der Waals surface area contributed by atoms with Crippen molar-refractivity contribution in [3.05, 3.63) is 46.4 Å². The van der Waals surface area contributed by atoms with Crippen molar-refractivity contribution in [2.75, 3.05) is 0 Å². The first kappa shape index (κ1) is 11.3. The highest BCUT2D eigenvalue weighted by Crippen LogP contribution is 2.27. The minimum Gasteiger partial charge on any atom is -0.508 e. The molecule has 0 aliphatic heterocycles. The second kappa shape index (κ2) is 4.14. The molecule has 1 aromatic heterocycles. The molecule has 4 heteroatoms. The lowest BCUT2D eigenvalue weighted by atomic mass is 10.1. The Labute approximate surface area is 113 Å². The van der Waals surface area contributed by atoms with Gasteiger partial charge in [-0.2, -0.15) is 0 Å². The van der Waals surface area contributed by atoms with Crippen molar-refractivity contribution in [1.82, 2.24) is 9.97 Å². The van der Waals surface area contributed by atoms with Crippen LogP contribution in [-0.4, -0.2) is 15.1 Å². The minimum atomic E-state index is 0.273. The van der Waals surface area contributed by atoms with Gasteiger partial charge in [0.1, 0.15) is 11.6 Å². The van der Waals surface area contributed by atoms with E-state index in [1.54, 1.807) is 12.1 Å². The lowest BCUT2D eigenvalue weighted by molar-refractivity contribution is 0.475. The maximum atomic E-state index is 9.42. The van der Waals surface area contributed by atoms with Gasteiger partial charge >= 0.3 is 0 Å². The quantitative estimate of drug-likeness (QED) is 0.713. The number of halogens is 1. The molecule has 90 valence electrons. The largest absolute Gasteiger partial charge is 0.508 e. The number of imidazole rings is 1. The van der Waals surface area contributed by atoms with E-state index in [1.165, 1.54) is 0 Å². The maximum Gasteiger partial charge on any atom is 0.138 e. The van der Waals surface area contributed by atoms with Crippen LogP contribution in [0.4, 0.5) is 0 Å². The van der Waals surface area contributed by atoms with Crippen molar-refractivity contribution in [2.45, 2.75) is 6.92 Å². The molecule has 0 aliphatic carbocycles. The smallest absolute Gasteiger partial charge is 0.138 e. The van der Waals surface area contributed by atoms with E-state index in [2.05, 4.69) is 25.9 Å². The van der Waals surface area contributed by atoms with E-state index in [-0.39, 0.29) is 5.75 Å². The maximum absolute atomic E-state index is 9.42. The summed E-state index contributed by atoms with van der Waals surface area (Å²) in [5.74, 6) is 1.09. The average Bonchev–Trinajstić information content (AvgIpc) is 2.71. The van der Waals surface area contributed by atoms with Gasteiger partial charge in [-0.05, 0) is 48.9 Å². The number of aromatic nitrogens is 2. The predicted molar refractivity (Wildman–Crippen MR) is 75.6 cm³/mol. The van der Waals surface area contributed by atoms with E-state index in [9.17, 15) is 5.11 Å². The number of nitrogens with zero attached hydrogens (tertiary/aromatic N) is 1. The number of aryl methyl sites for hydroxylation is 1. The van der Waals surface area contributed by atoms with Crippen LogP contribution in [-0.2, 0) is 0 Å². The summed E-state index contributed by atoms with van der Waals surface area (Å²) in [5, 5.41) is 9.42. The monoisotopic (exact) mass is 302 g/mol. The normalized spacial score (nSPS) is 11.0. The number of hydrogen-bond acceptors (Lipinski definition) is 2. The number of hydrogen-bond donors (Lipinski definition) is 2. The van der Waals surface area contributed by atoms with Crippen molar-refractivity contribution in [3.63, 3.8) is 0 Å². The molecule has 18 heavy (non-hydrogen) atoms. The molecule has 0 saturated heterocycles. The fourth-order valence-electron chi connectivity index (χ4n) is 2.02. The fourth-order valence-corrected chi connectivity index (χ4v) is 2.38. The molecule has 1 heterocycles. The van der Waals surface area contributed by atoms with Gasteiger partial charge < -0.3 is 10.1 Å². The Morgan fingerprint density at radius 3 is 2.78 bits per heavy atom. The summed E-state index contributed by atoms with van der Waals surface area (Å²) in [6.45, 7) is 1.96. The molecule has 0 amide bonds. The highest BCUT2D eigenvalue weighted by atomic mass is 79.9. The Kier molecular flexibility index (Phi) is 2.59. The molecule has 3 rings (SSSR count). The van der Waals surface area contributed by atoms with E-state index in [4.69, 9.17) is 0 Å². The molecule has 0 spiro atoms. The van der Waals surface area contributed by atoms with Crippen LogP contribution in [0.3, 0.4) is 0 Å². The number of phenolic OH excluding ortho intramolecular Hbond substituents is 1. The molecule has 0 bridgehead atoms. The van der Waals surface area contributed by atoms with Crippen LogP contribution in [0.1, 0.15) is 5.56 Å². The molecule has 3 aromatic rings. The second-order valence-electron chi connectivity index (χ2n) is 4.25. The minimum absolute atomic E-state index is 0.273. The zero-order valence-electron chi connectivity index (χ0n) is 9.74. The lowest BCUT2D eigenvalue weighted by Gasteiger charge is -2.02. The molecular weight excluding hydrogens is 292 g/mol. The van der Waals surface area contributed by atoms with Gasteiger partial charge in [-0.3, -0.25) is 0 Å². The Morgan fingerprint density at radius 1 is 1.17 bits per heavy atom. The third-order valence-electron chi connectivity index (χ3n) is 2.91. The van der Waals surface area contributed by atoms with Gasteiger partial charge in [0.15, 0.2) is 0 Å². The summed E-state index contributed by atoms with van der Waals surface area (Å²) in [5.41, 5.74) is 3.92. The second-order valence-corrected chi connectivity index (χ2v) is 5.16. The van der Waals surface area contributed by atoms with Crippen molar-refractivity contribution in [2.24, 2.45) is 0 Å². The first-order chi connectivity index (χ1) is 8.63. The van der Waals surface area contributed by atoms with Gasteiger partial charge in [0.2, 0.25) is 0 Å². The van der Waals surface area contributed by atoms with Crippen LogP contribution >= 0.6 is 15.9 Å². The number of benzene rings is 2. The Hall–Kier alpha value is -1.81. The average molecular weight is 303 g/mol. The van der Waals surface area contributed by atoms with E-state index in [0.29, 0.717) is 0 Å². The third kappa shape index (κ3) is 1.88. The van der Waals surface area contributed by atoms with Crippen molar-refractivity contribution in [3.8, 4) is 17.1 Å². The molecule has 2 aromatic carbocycles. The summed E-state index contributed by atoms with van der Waals surface area (Å²) in [7, 11) is 0. The molecule has 0 radical (unpaired) electrons. The molecule has 2 N–H and O–H groups in total. The van der Waals surface area contributed by atoms with Gasteiger partial charge in [0, 0.05) is 10.0 Å². The third-order valence-corrected chi connectivity index (χ3v) is 3.40. The molecule has 0 unspecified atom stereocenters.